The van der Waals surface area contributed by atoms with Crippen molar-refractivity contribution < 1.29 is 0 Å². The molecule has 0 aliphatic heterocycles. The van der Waals surface area contributed by atoms with Gasteiger partial charge in [0.05, 0.1) is 39.1 Å². The summed E-state index contributed by atoms with van der Waals surface area (Å²) in [6.07, 6.45) is 0. The van der Waals surface area contributed by atoms with Crippen molar-refractivity contribution in [3.05, 3.63) is 230 Å². The number of hydrogen-bond donors (Lipinski definition) is 0. The van der Waals surface area contributed by atoms with Gasteiger partial charge in [0, 0.05) is 49.6 Å². The van der Waals surface area contributed by atoms with Crippen LogP contribution in [-0.2, 0) is 0 Å². The topological polar surface area (TPSA) is 51.8 Å². The SMILES string of the molecule is Cc1ccc(N(c2ccc(C)cc2)c2c(-n3c4ccccc4c4ccccc43)cc(-c3nc(-c4ccccc4)nc(-c4ccccc4)n3)cc2-n2c3ccccc3c3ccccc32)cc1. The van der Waals surface area contributed by atoms with Gasteiger partial charge in [-0.3, -0.25) is 0 Å². The predicted octanol–water partition coefficient (Wildman–Crippen LogP) is 15.2. The van der Waals surface area contributed by atoms with Crippen molar-refractivity contribution in [2.24, 2.45) is 0 Å². The molecule has 12 rings (SSSR count). The van der Waals surface area contributed by atoms with Crippen molar-refractivity contribution in [1.29, 1.82) is 0 Å². The van der Waals surface area contributed by atoms with Crippen LogP contribution >= 0.6 is 0 Å². The van der Waals surface area contributed by atoms with Gasteiger partial charge < -0.3 is 14.0 Å². The molecule has 3 heterocycles. The van der Waals surface area contributed by atoms with Crippen molar-refractivity contribution in [3.63, 3.8) is 0 Å². The molecule has 0 spiro atoms. The second-order valence-corrected chi connectivity index (χ2v) is 16.6. The largest absolute Gasteiger partial charge is 0.307 e. The van der Waals surface area contributed by atoms with Crippen LogP contribution in [0.2, 0.25) is 0 Å². The Kier molecular flexibility index (Phi) is 9.16. The van der Waals surface area contributed by atoms with E-state index in [1.54, 1.807) is 0 Å². The number of aryl methyl sites for hydroxylation is 2. The molecule has 9 aromatic carbocycles. The summed E-state index contributed by atoms with van der Waals surface area (Å²) in [4.78, 5) is 18.2. The normalized spacial score (nSPS) is 11.5. The van der Waals surface area contributed by atoms with E-state index in [-0.39, 0.29) is 0 Å². The van der Waals surface area contributed by atoms with Gasteiger partial charge in [0.2, 0.25) is 0 Å². The fourth-order valence-corrected chi connectivity index (χ4v) is 9.40. The van der Waals surface area contributed by atoms with Gasteiger partial charge in [0.15, 0.2) is 17.5 Å². The summed E-state index contributed by atoms with van der Waals surface area (Å²) < 4.78 is 4.88. The van der Waals surface area contributed by atoms with Gasteiger partial charge in [-0.05, 0) is 74.5 Å². The number of anilines is 3. The van der Waals surface area contributed by atoms with Crippen molar-refractivity contribution in [2.45, 2.75) is 13.8 Å². The van der Waals surface area contributed by atoms with Crippen molar-refractivity contribution >= 4 is 60.7 Å². The third-order valence-corrected chi connectivity index (χ3v) is 12.5. The van der Waals surface area contributed by atoms with Gasteiger partial charge in [-0.25, -0.2) is 15.0 Å². The lowest BCUT2D eigenvalue weighted by Crippen LogP contribution is -2.17. The zero-order valence-corrected chi connectivity index (χ0v) is 36.0. The second-order valence-electron chi connectivity index (χ2n) is 16.6. The molecule has 0 bridgehead atoms. The fourth-order valence-electron chi connectivity index (χ4n) is 9.40. The van der Waals surface area contributed by atoms with Gasteiger partial charge in [0.25, 0.3) is 0 Å². The molecular weight excluding hydrogens is 793 g/mol. The van der Waals surface area contributed by atoms with E-state index in [2.05, 4.69) is 210 Å². The molecule has 0 amide bonds. The Morgan fingerprint density at radius 1 is 0.323 bits per heavy atom. The average Bonchev–Trinajstić information content (AvgIpc) is 3.88. The molecule has 3 aromatic heterocycles. The Morgan fingerprint density at radius 2 is 0.631 bits per heavy atom. The van der Waals surface area contributed by atoms with E-state index in [4.69, 9.17) is 15.0 Å². The van der Waals surface area contributed by atoms with E-state index in [0.717, 1.165) is 67.2 Å². The van der Waals surface area contributed by atoms with Crippen molar-refractivity contribution in [3.8, 4) is 45.5 Å². The van der Waals surface area contributed by atoms with E-state index < -0.39 is 0 Å². The van der Waals surface area contributed by atoms with Crippen molar-refractivity contribution in [2.75, 3.05) is 4.90 Å². The minimum absolute atomic E-state index is 0.575. The number of benzene rings is 9. The van der Waals surface area contributed by atoms with Crippen LogP contribution in [0.5, 0.6) is 0 Å². The van der Waals surface area contributed by atoms with Gasteiger partial charge in [-0.1, -0.05) is 169 Å². The van der Waals surface area contributed by atoms with Gasteiger partial charge >= 0.3 is 0 Å². The molecular formula is C59H42N6. The van der Waals surface area contributed by atoms with Crippen molar-refractivity contribution in [1.82, 2.24) is 24.1 Å². The summed E-state index contributed by atoms with van der Waals surface area (Å²) in [7, 11) is 0. The number of hydrogen-bond acceptors (Lipinski definition) is 4. The minimum Gasteiger partial charge on any atom is -0.307 e. The number of nitrogens with zero attached hydrogens (tertiary/aromatic N) is 6. The Bertz CT molecular complexity index is 3370. The maximum absolute atomic E-state index is 5.35. The number of aromatic nitrogens is 5. The molecule has 0 radical (unpaired) electrons. The average molecular weight is 835 g/mol. The summed E-state index contributed by atoms with van der Waals surface area (Å²) in [5, 5.41) is 4.70. The lowest BCUT2D eigenvalue weighted by molar-refractivity contribution is 1.06. The Hall–Kier alpha value is -8.61. The van der Waals surface area contributed by atoms with Crippen LogP contribution < -0.4 is 4.90 Å². The molecule has 6 heteroatoms. The van der Waals surface area contributed by atoms with Crippen LogP contribution in [0.15, 0.2) is 218 Å². The molecule has 0 aliphatic carbocycles. The number of rotatable bonds is 8. The Morgan fingerprint density at radius 3 is 0.985 bits per heavy atom. The predicted molar refractivity (Wildman–Crippen MR) is 269 cm³/mol. The van der Waals surface area contributed by atoms with Gasteiger partial charge in [-0.15, -0.1) is 0 Å². The summed E-state index contributed by atoms with van der Waals surface area (Å²) >= 11 is 0. The maximum Gasteiger partial charge on any atom is 0.164 e. The fraction of sp³-hybridized carbons (Fsp3) is 0.0339. The monoisotopic (exact) mass is 834 g/mol. The quantitative estimate of drug-likeness (QED) is 0.153. The molecule has 308 valence electrons. The molecule has 0 saturated carbocycles. The molecule has 6 nitrogen and oxygen atoms in total. The first-order valence-corrected chi connectivity index (χ1v) is 22.0. The Labute approximate surface area is 377 Å². The van der Waals surface area contributed by atoms with E-state index in [1.807, 2.05) is 36.4 Å². The highest BCUT2D eigenvalue weighted by Crippen LogP contribution is 2.48. The molecule has 0 N–H and O–H groups in total. The number of fused-ring (bicyclic) bond motifs is 6. The molecule has 0 atom stereocenters. The highest BCUT2D eigenvalue weighted by atomic mass is 15.2. The highest BCUT2D eigenvalue weighted by Gasteiger charge is 2.28. The second kappa shape index (κ2) is 15.6. The lowest BCUT2D eigenvalue weighted by Gasteiger charge is -2.32. The van der Waals surface area contributed by atoms with Crippen LogP contribution in [0.25, 0.3) is 89.2 Å². The van der Waals surface area contributed by atoms with Crippen LogP contribution in [0.1, 0.15) is 11.1 Å². The van der Waals surface area contributed by atoms with E-state index in [1.165, 1.54) is 32.7 Å². The molecule has 12 aromatic rings. The zero-order valence-electron chi connectivity index (χ0n) is 36.0. The lowest BCUT2D eigenvalue weighted by atomic mass is 10.0. The van der Waals surface area contributed by atoms with Crippen LogP contribution in [0.3, 0.4) is 0 Å². The van der Waals surface area contributed by atoms with Gasteiger partial charge in [-0.2, -0.15) is 0 Å². The maximum atomic E-state index is 5.35. The smallest absolute Gasteiger partial charge is 0.164 e. The highest BCUT2D eigenvalue weighted by molar-refractivity contribution is 6.12. The van der Waals surface area contributed by atoms with Crippen LogP contribution in [0.4, 0.5) is 17.1 Å². The van der Waals surface area contributed by atoms with Crippen LogP contribution in [0, 0.1) is 13.8 Å². The Balaban J connectivity index is 1.30. The minimum atomic E-state index is 0.575. The van der Waals surface area contributed by atoms with E-state index >= 15 is 0 Å². The molecule has 65 heavy (non-hydrogen) atoms. The first-order chi connectivity index (χ1) is 32.1. The zero-order chi connectivity index (χ0) is 43.4. The third kappa shape index (κ3) is 6.54. The molecule has 0 fully saturated rings. The summed E-state index contributed by atoms with van der Waals surface area (Å²) in [6, 6.07) is 77.6. The molecule has 0 aliphatic rings. The number of para-hydroxylation sites is 4. The van der Waals surface area contributed by atoms with Crippen LogP contribution in [-0.4, -0.2) is 24.1 Å². The van der Waals surface area contributed by atoms with E-state index in [9.17, 15) is 0 Å². The summed E-state index contributed by atoms with van der Waals surface area (Å²) in [6.45, 7) is 4.29. The van der Waals surface area contributed by atoms with E-state index in [0.29, 0.717) is 17.5 Å². The summed E-state index contributed by atoms with van der Waals surface area (Å²) in [5.74, 6) is 1.79. The standard InChI is InChI=1S/C59H42N6/c1-39-29-33-44(34-30-39)63(45-35-31-40(2)32-36-45)56-54(64-50-25-13-9-21-46(50)47-22-10-14-26-51(47)64)37-43(38-55(56)65-52-27-15-11-23-48(52)49-24-12-16-28-53(49)65)59-61-57(41-17-5-3-6-18-41)60-58(62-59)42-19-7-4-8-20-42/h3-38H,1-2H3. The molecule has 0 unspecified atom stereocenters. The molecule has 0 saturated heterocycles. The first-order valence-electron chi connectivity index (χ1n) is 22.0. The van der Waals surface area contributed by atoms with Gasteiger partial charge in [0.1, 0.15) is 0 Å². The third-order valence-electron chi connectivity index (χ3n) is 12.5. The summed E-state index contributed by atoms with van der Waals surface area (Å²) in [5.41, 5.74) is 14.5. The first kappa shape index (κ1) is 38.1.